The molecule has 0 heterocycles. The van der Waals surface area contributed by atoms with Crippen molar-refractivity contribution in [2.75, 3.05) is 19.6 Å². The Kier molecular flexibility index (Phi) is 5.86. The molecule has 1 rings (SSSR count). The summed E-state index contributed by atoms with van der Waals surface area (Å²) in [6.07, 6.45) is 1.06. The monoisotopic (exact) mass is 240 g/mol. The fourth-order valence-electron chi connectivity index (χ4n) is 1.89. The lowest BCUT2D eigenvalue weighted by molar-refractivity contribution is 0.176. The summed E-state index contributed by atoms with van der Waals surface area (Å²) in [6.45, 7) is 5.15. The Bertz CT molecular complexity index is 294. The van der Waals surface area contributed by atoms with E-state index in [0.717, 1.165) is 13.0 Å². The fraction of sp³-hybridized carbons (Fsp3) is 0.571. The Morgan fingerprint density at radius 1 is 1.25 bits per heavy atom. The van der Waals surface area contributed by atoms with Crippen molar-refractivity contribution in [1.29, 1.82) is 0 Å². The van der Waals surface area contributed by atoms with Gasteiger partial charge in [0.1, 0.15) is 0 Å². The first-order valence-electron chi connectivity index (χ1n) is 5.80. The molecule has 0 N–H and O–H groups in total. The molecule has 2 unspecified atom stereocenters. The predicted octanol–water partition coefficient (Wildman–Crippen LogP) is 3.99. The molecular weight excluding hydrogens is 220 g/mol. The second-order valence-corrected chi connectivity index (χ2v) is 4.74. The highest BCUT2D eigenvalue weighted by atomic mass is 35.5. The quantitative estimate of drug-likeness (QED) is 0.684. The van der Waals surface area contributed by atoms with E-state index in [-0.39, 0.29) is 0 Å². The molecule has 2 atom stereocenters. The van der Waals surface area contributed by atoms with Crippen LogP contribution in [0.5, 0.6) is 0 Å². The molecule has 1 aromatic rings. The summed E-state index contributed by atoms with van der Waals surface area (Å²) in [7, 11) is 1.74. The van der Waals surface area contributed by atoms with Crippen molar-refractivity contribution in [2.24, 2.45) is 5.92 Å². The van der Waals surface area contributed by atoms with Crippen LogP contribution in [0.25, 0.3) is 0 Å². The summed E-state index contributed by atoms with van der Waals surface area (Å²) in [6, 6.07) is 8.67. The lowest BCUT2D eigenvalue weighted by Gasteiger charge is -2.22. The molecule has 0 saturated carbocycles. The van der Waals surface area contributed by atoms with Crippen LogP contribution in [0.3, 0.4) is 0 Å². The van der Waals surface area contributed by atoms with Crippen molar-refractivity contribution < 1.29 is 4.74 Å². The van der Waals surface area contributed by atoms with E-state index < -0.39 is 0 Å². The van der Waals surface area contributed by atoms with Crippen molar-refractivity contribution in [3.63, 3.8) is 0 Å². The third-order valence-corrected chi connectivity index (χ3v) is 3.47. The van der Waals surface area contributed by atoms with E-state index in [1.165, 1.54) is 11.1 Å². The summed E-state index contributed by atoms with van der Waals surface area (Å²) >= 11 is 6.07. The average Bonchev–Trinajstić information content (AvgIpc) is 2.30. The zero-order valence-electron chi connectivity index (χ0n) is 10.4. The van der Waals surface area contributed by atoms with Crippen molar-refractivity contribution in [2.45, 2.75) is 26.2 Å². The van der Waals surface area contributed by atoms with Gasteiger partial charge in [-0.2, -0.15) is 0 Å². The number of halogens is 1. The van der Waals surface area contributed by atoms with Gasteiger partial charge in [-0.15, -0.1) is 11.6 Å². The molecule has 0 saturated heterocycles. The Morgan fingerprint density at radius 3 is 2.38 bits per heavy atom. The van der Waals surface area contributed by atoms with Gasteiger partial charge in [-0.05, 0) is 24.8 Å². The van der Waals surface area contributed by atoms with Crippen molar-refractivity contribution in [3.8, 4) is 0 Å². The first-order valence-corrected chi connectivity index (χ1v) is 6.34. The van der Waals surface area contributed by atoms with Crippen LogP contribution >= 0.6 is 11.6 Å². The van der Waals surface area contributed by atoms with E-state index in [1.807, 2.05) is 0 Å². The molecule has 16 heavy (non-hydrogen) atoms. The van der Waals surface area contributed by atoms with Crippen LogP contribution in [0.2, 0.25) is 0 Å². The van der Waals surface area contributed by atoms with E-state index in [1.54, 1.807) is 7.11 Å². The molecule has 0 aliphatic rings. The van der Waals surface area contributed by atoms with Gasteiger partial charge >= 0.3 is 0 Å². The molecule has 0 aliphatic carbocycles. The number of hydrogen-bond donors (Lipinski definition) is 0. The number of alkyl halides is 1. The maximum Gasteiger partial charge on any atom is 0.0465 e. The van der Waals surface area contributed by atoms with Crippen LogP contribution in [-0.4, -0.2) is 19.6 Å². The first kappa shape index (κ1) is 13.5. The van der Waals surface area contributed by atoms with Crippen LogP contribution in [-0.2, 0) is 4.74 Å². The zero-order chi connectivity index (χ0) is 12.0. The van der Waals surface area contributed by atoms with Gasteiger partial charge in [0.05, 0.1) is 0 Å². The van der Waals surface area contributed by atoms with Gasteiger partial charge in [-0.25, -0.2) is 0 Å². The summed E-state index contributed by atoms with van der Waals surface area (Å²) in [5.41, 5.74) is 2.63. The van der Waals surface area contributed by atoms with E-state index in [4.69, 9.17) is 16.3 Å². The Hall–Kier alpha value is -0.530. The third kappa shape index (κ3) is 3.80. The highest BCUT2D eigenvalue weighted by Gasteiger charge is 2.17. The summed E-state index contributed by atoms with van der Waals surface area (Å²) in [5.74, 6) is 1.66. The molecule has 0 amide bonds. The molecule has 1 nitrogen and oxygen atoms in total. The number of methoxy groups -OCH3 is 1. The Labute approximate surface area is 104 Å². The highest BCUT2D eigenvalue weighted by Crippen LogP contribution is 2.28. The average molecular weight is 241 g/mol. The molecule has 0 fully saturated rings. The van der Waals surface area contributed by atoms with Crippen molar-refractivity contribution in [1.82, 2.24) is 0 Å². The Morgan fingerprint density at radius 2 is 1.88 bits per heavy atom. The molecule has 2 heteroatoms. The van der Waals surface area contributed by atoms with Crippen LogP contribution in [0.1, 0.15) is 30.4 Å². The van der Waals surface area contributed by atoms with Crippen LogP contribution in [0, 0.1) is 12.8 Å². The Balaban J connectivity index is 2.69. The molecule has 1 aromatic carbocycles. The standard InChI is InChI=1S/C14H21ClO/c1-11-4-6-13(7-5-11)14(10-15)12(2)8-9-16-3/h4-7,12,14H,8-10H2,1-3H3. The van der Waals surface area contributed by atoms with E-state index in [0.29, 0.717) is 17.7 Å². The normalized spacial score (nSPS) is 14.8. The summed E-state index contributed by atoms with van der Waals surface area (Å²) in [4.78, 5) is 0. The second kappa shape index (κ2) is 6.93. The number of benzene rings is 1. The molecule has 0 radical (unpaired) electrons. The molecule has 0 spiro atoms. The minimum absolute atomic E-state index is 0.428. The third-order valence-electron chi connectivity index (χ3n) is 3.14. The lowest BCUT2D eigenvalue weighted by atomic mass is 9.86. The SMILES string of the molecule is COCCC(C)C(CCl)c1ccc(C)cc1. The van der Waals surface area contributed by atoms with Gasteiger partial charge in [-0.1, -0.05) is 36.8 Å². The maximum absolute atomic E-state index is 6.07. The smallest absolute Gasteiger partial charge is 0.0465 e. The predicted molar refractivity (Wildman–Crippen MR) is 70.3 cm³/mol. The number of hydrogen-bond acceptors (Lipinski definition) is 1. The largest absolute Gasteiger partial charge is 0.385 e. The fourth-order valence-corrected chi connectivity index (χ4v) is 2.37. The van der Waals surface area contributed by atoms with Crippen LogP contribution in [0.15, 0.2) is 24.3 Å². The van der Waals surface area contributed by atoms with Crippen molar-refractivity contribution >= 4 is 11.6 Å². The molecular formula is C14H21ClO. The molecule has 0 aromatic heterocycles. The van der Waals surface area contributed by atoms with Crippen LogP contribution in [0.4, 0.5) is 0 Å². The maximum atomic E-state index is 6.07. The number of ether oxygens (including phenoxy) is 1. The van der Waals surface area contributed by atoms with Crippen LogP contribution < -0.4 is 0 Å². The second-order valence-electron chi connectivity index (χ2n) is 4.43. The lowest BCUT2D eigenvalue weighted by Crippen LogP contribution is -2.13. The van der Waals surface area contributed by atoms with Gasteiger partial charge in [0.25, 0.3) is 0 Å². The van der Waals surface area contributed by atoms with Crippen molar-refractivity contribution in [3.05, 3.63) is 35.4 Å². The number of aryl methyl sites for hydroxylation is 1. The topological polar surface area (TPSA) is 9.23 Å². The molecule has 0 aliphatic heterocycles. The highest BCUT2D eigenvalue weighted by molar-refractivity contribution is 6.18. The van der Waals surface area contributed by atoms with E-state index >= 15 is 0 Å². The van der Waals surface area contributed by atoms with E-state index in [2.05, 4.69) is 38.1 Å². The van der Waals surface area contributed by atoms with Gasteiger partial charge in [0.15, 0.2) is 0 Å². The first-order chi connectivity index (χ1) is 7.69. The summed E-state index contributed by atoms with van der Waals surface area (Å²) in [5, 5.41) is 0. The van der Waals surface area contributed by atoms with Gasteiger partial charge in [0, 0.05) is 25.5 Å². The van der Waals surface area contributed by atoms with E-state index in [9.17, 15) is 0 Å². The minimum Gasteiger partial charge on any atom is -0.385 e. The number of rotatable bonds is 6. The van der Waals surface area contributed by atoms with Gasteiger partial charge < -0.3 is 4.74 Å². The molecule has 0 bridgehead atoms. The summed E-state index contributed by atoms with van der Waals surface area (Å²) < 4.78 is 5.12. The van der Waals surface area contributed by atoms with Gasteiger partial charge in [-0.3, -0.25) is 0 Å². The van der Waals surface area contributed by atoms with Gasteiger partial charge in [0.2, 0.25) is 0 Å². The minimum atomic E-state index is 0.428. The molecule has 90 valence electrons. The zero-order valence-corrected chi connectivity index (χ0v) is 11.1.